The summed E-state index contributed by atoms with van der Waals surface area (Å²) in [7, 11) is 1.75. The zero-order chi connectivity index (χ0) is 11.2. The third-order valence-corrected chi connectivity index (χ3v) is 2.90. The minimum Gasteiger partial charge on any atom is -0.384 e. The molecule has 1 N–H and O–H groups in total. The maximum Gasteiger partial charge on any atom is 0.0552 e. The fourth-order valence-corrected chi connectivity index (χ4v) is 1.89. The van der Waals surface area contributed by atoms with Crippen molar-refractivity contribution < 1.29 is 9.47 Å². The molecule has 0 aliphatic heterocycles. The molecule has 0 bridgehead atoms. The lowest BCUT2D eigenvalue weighted by Gasteiger charge is -2.04. The van der Waals surface area contributed by atoms with Crippen LogP contribution in [0.3, 0.4) is 0 Å². The molecule has 0 aliphatic carbocycles. The molecule has 0 saturated carbocycles. The molecule has 0 fully saturated rings. The van der Waals surface area contributed by atoms with Crippen LogP contribution in [0, 0.1) is 0 Å². The van der Waals surface area contributed by atoms with Crippen LogP contribution in [-0.2, 0) is 9.47 Å². The van der Waals surface area contributed by atoms with Gasteiger partial charge in [-0.3, -0.25) is 0 Å². The van der Waals surface area contributed by atoms with Crippen LogP contribution in [0.25, 0.3) is 0 Å². The lowest BCUT2D eigenvalue weighted by Crippen LogP contribution is -2.19. The number of nitrogens with one attached hydrogen (secondary N) is 1. The van der Waals surface area contributed by atoms with Gasteiger partial charge in [-0.1, -0.05) is 0 Å². The summed E-state index contributed by atoms with van der Waals surface area (Å²) in [6.45, 7) is 6.85. The molecule has 0 radical (unpaired) electrons. The van der Waals surface area contributed by atoms with Crippen LogP contribution in [0.5, 0.6) is 0 Å². The number of rotatable bonds is 12. The van der Waals surface area contributed by atoms with E-state index in [1.54, 1.807) is 7.11 Å². The van der Waals surface area contributed by atoms with Crippen LogP contribution in [0.1, 0.15) is 19.8 Å². The molecule has 0 amide bonds. The zero-order valence-electron chi connectivity index (χ0n) is 10.1. The highest BCUT2D eigenvalue weighted by molar-refractivity contribution is 7.99. The van der Waals surface area contributed by atoms with Gasteiger partial charge in [0.05, 0.1) is 6.61 Å². The molecule has 92 valence electrons. The van der Waals surface area contributed by atoms with Gasteiger partial charge in [-0.05, 0) is 26.3 Å². The number of thioether (sulfide) groups is 1. The molecule has 0 aromatic heterocycles. The van der Waals surface area contributed by atoms with E-state index in [9.17, 15) is 0 Å². The van der Waals surface area contributed by atoms with Gasteiger partial charge in [0.2, 0.25) is 0 Å². The summed E-state index contributed by atoms with van der Waals surface area (Å²) in [4.78, 5) is 0. The number of ether oxygens (including phenoxy) is 2. The SMILES string of the molecule is CCOCCCCNCCSCCOC. The van der Waals surface area contributed by atoms with E-state index in [-0.39, 0.29) is 0 Å². The topological polar surface area (TPSA) is 30.5 Å². The van der Waals surface area contributed by atoms with Crippen molar-refractivity contribution in [1.82, 2.24) is 5.32 Å². The van der Waals surface area contributed by atoms with Crippen molar-refractivity contribution in [2.75, 3.05) is 51.5 Å². The van der Waals surface area contributed by atoms with Gasteiger partial charge < -0.3 is 14.8 Å². The van der Waals surface area contributed by atoms with Crippen LogP contribution >= 0.6 is 11.8 Å². The second-order valence-electron chi connectivity index (χ2n) is 3.26. The lowest BCUT2D eigenvalue weighted by molar-refractivity contribution is 0.143. The first-order valence-corrected chi connectivity index (χ1v) is 6.92. The van der Waals surface area contributed by atoms with Gasteiger partial charge >= 0.3 is 0 Å². The average molecular weight is 235 g/mol. The van der Waals surface area contributed by atoms with Gasteiger partial charge in [0.15, 0.2) is 0 Å². The quantitative estimate of drug-likeness (QED) is 0.522. The van der Waals surface area contributed by atoms with E-state index in [2.05, 4.69) is 5.32 Å². The van der Waals surface area contributed by atoms with E-state index < -0.39 is 0 Å². The fourth-order valence-electron chi connectivity index (χ4n) is 1.11. The third-order valence-electron chi connectivity index (χ3n) is 1.95. The summed E-state index contributed by atoms with van der Waals surface area (Å²) in [5, 5.41) is 3.42. The Hall–Kier alpha value is 0.230. The second-order valence-corrected chi connectivity index (χ2v) is 4.48. The zero-order valence-corrected chi connectivity index (χ0v) is 10.9. The fraction of sp³-hybridized carbons (Fsp3) is 1.00. The van der Waals surface area contributed by atoms with Crippen molar-refractivity contribution in [3.8, 4) is 0 Å². The normalized spacial score (nSPS) is 10.8. The van der Waals surface area contributed by atoms with E-state index in [4.69, 9.17) is 9.47 Å². The van der Waals surface area contributed by atoms with E-state index in [1.165, 1.54) is 12.2 Å². The minimum atomic E-state index is 0.837. The molecular formula is C11H25NO2S. The summed E-state index contributed by atoms with van der Waals surface area (Å²) < 4.78 is 10.2. The molecule has 0 saturated heterocycles. The monoisotopic (exact) mass is 235 g/mol. The van der Waals surface area contributed by atoms with Crippen molar-refractivity contribution in [2.45, 2.75) is 19.8 Å². The van der Waals surface area contributed by atoms with Crippen LogP contribution in [0.15, 0.2) is 0 Å². The van der Waals surface area contributed by atoms with Crippen molar-refractivity contribution in [3.63, 3.8) is 0 Å². The first-order chi connectivity index (χ1) is 7.41. The van der Waals surface area contributed by atoms with Crippen molar-refractivity contribution in [2.24, 2.45) is 0 Å². The van der Waals surface area contributed by atoms with Gasteiger partial charge in [0.25, 0.3) is 0 Å². The van der Waals surface area contributed by atoms with Crippen LogP contribution in [-0.4, -0.2) is 51.5 Å². The second kappa shape index (κ2) is 14.2. The van der Waals surface area contributed by atoms with Crippen LogP contribution in [0.2, 0.25) is 0 Å². The number of hydrogen-bond acceptors (Lipinski definition) is 4. The number of methoxy groups -OCH3 is 1. The summed E-state index contributed by atoms with van der Waals surface area (Å²) in [5.74, 6) is 2.28. The smallest absolute Gasteiger partial charge is 0.0552 e. The predicted octanol–water partition coefficient (Wildman–Crippen LogP) is 1.77. The van der Waals surface area contributed by atoms with Crippen molar-refractivity contribution in [3.05, 3.63) is 0 Å². The Balaban J connectivity index is 2.81. The molecular weight excluding hydrogens is 210 g/mol. The van der Waals surface area contributed by atoms with E-state index in [0.717, 1.165) is 45.1 Å². The minimum absolute atomic E-state index is 0.837. The van der Waals surface area contributed by atoms with Gasteiger partial charge in [-0.2, -0.15) is 11.8 Å². The molecule has 0 aliphatic rings. The molecule has 0 heterocycles. The highest BCUT2D eigenvalue weighted by atomic mass is 32.2. The van der Waals surface area contributed by atoms with E-state index in [0.29, 0.717) is 0 Å². The standard InChI is InChI=1S/C11H25NO2S/c1-3-14-8-5-4-6-12-7-10-15-11-9-13-2/h12H,3-11H2,1-2H3. The average Bonchev–Trinajstić information content (AvgIpc) is 2.26. The van der Waals surface area contributed by atoms with Crippen LogP contribution in [0.4, 0.5) is 0 Å². The van der Waals surface area contributed by atoms with Crippen molar-refractivity contribution >= 4 is 11.8 Å². The Labute approximate surface area is 98.3 Å². The highest BCUT2D eigenvalue weighted by Crippen LogP contribution is 1.97. The Morgan fingerprint density at radius 3 is 2.67 bits per heavy atom. The summed E-state index contributed by atoms with van der Waals surface area (Å²) in [6.07, 6.45) is 2.38. The Morgan fingerprint density at radius 2 is 1.93 bits per heavy atom. The molecule has 0 unspecified atom stereocenters. The highest BCUT2D eigenvalue weighted by Gasteiger charge is 1.90. The van der Waals surface area contributed by atoms with E-state index >= 15 is 0 Å². The lowest BCUT2D eigenvalue weighted by atomic mass is 10.3. The number of hydrogen-bond donors (Lipinski definition) is 1. The molecule has 4 heteroatoms. The first kappa shape index (κ1) is 15.2. The Morgan fingerprint density at radius 1 is 1.07 bits per heavy atom. The molecule has 15 heavy (non-hydrogen) atoms. The third kappa shape index (κ3) is 14.2. The maximum atomic E-state index is 5.26. The van der Waals surface area contributed by atoms with Crippen LogP contribution < -0.4 is 5.32 Å². The molecule has 0 spiro atoms. The Bertz CT molecular complexity index is 103. The predicted molar refractivity (Wildman–Crippen MR) is 67.8 cm³/mol. The van der Waals surface area contributed by atoms with E-state index in [1.807, 2.05) is 18.7 Å². The largest absolute Gasteiger partial charge is 0.384 e. The van der Waals surface area contributed by atoms with Crippen molar-refractivity contribution in [1.29, 1.82) is 0 Å². The maximum absolute atomic E-state index is 5.26. The van der Waals surface area contributed by atoms with Gasteiger partial charge in [-0.25, -0.2) is 0 Å². The molecule has 0 aromatic rings. The van der Waals surface area contributed by atoms with Gasteiger partial charge in [0.1, 0.15) is 0 Å². The molecule has 0 atom stereocenters. The summed E-state index contributed by atoms with van der Waals surface area (Å²) >= 11 is 1.94. The first-order valence-electron chi connectivity index (χ1n) is 5.77. The summed E-state index contributed by atoms with van der Waals surface area (Å²) in [6, 6.07) is 0. The Kier molecular flexibility index (Phi) is 14.4. The molecule has 0 aromatic carbocycles. The summed E-state index contributed by atoms with van der Waals surface area (Å²) in [5.41, 5.74) is 0. The van der Waals surface area contributed by atoms with Gasteiger partial charge in [0, 0.05) is 38.4 Å². The molecule has 3 nitrogen and oxygen atoms in total. The number of unbranched alkanes of at least 4 members (excludes halogenated alkanes) is 1. The molecule has 0 rings (SSSR count). The van der Waals surface area contributed by atoms with Gasteiger partial charge in [-0.15, -0.1) is 0 Å².